The molecule has 29 heavy (non-hydrogen) atoms. The fourth-order valence-corrected chi connectivity index (χ4v) is 5.22. The van der Waals surface area contributed by atoms with Gasteiger partial charge in [0.15, 0.2) is 11.6 Å². The van der Waals surface area contributed by atoms with Crippen molar-refractivity contribution < 1.29 is 8.78 Å². The molecule has 0 aliphatic heterocycles. The van der Waals surface area contributed by atoms with Crippen LogP contribution in [-0.2, 0) is 0 Å². The van der Waals surface area contributed by atoms with Crippen LogP contribution >= 0.6 is 0 Å². The van der Waals surface area contributed by atoms with Gasteiger partial charge in [0.25, 0.3) is 0 Å². The van der Waals surface area contributed by atoms with Gasteiger partial charge in [0.1, 0.15) is 0 Å². The fraction of sp³-hybridized carbons (Fsp3) is 0.630. The van der Waals surface area contributed by atoms with Crippen LogP contribution < -0.4 is 0 Å². The van der Waals surface area contributed by atoms with E-state index in [2.05, 4.69) is 19.9 Å². The lowest BCUT2D eigenvalue weighted by Gasteiger charge is -2.28. The molecule has 1 aromatic rings. The van der Waals surface area contributed by atoms with Gasteiger partial charge in [0.05, 0.1) is 0 Å². The molecule has 0 aromatic heterocycles. The Balaban J connectivity index is 1.53. The molecule has 2 aliphatic rings. The first-order valence-electron chi connectivity index (χ1n) is 11.9. The molecule has 0 amide bonds. The molecule has 2 heteroatoms. The van der Waals surface area contributed by atoms with Gasteiger partial charge in [-0.3, -0.25) is 0 Å². The van der Waals surface area contributed by atoms with E-state index in [1.807, 2.05) is 12.1 Å². The summed E-state index contributed by atoms with van der Waals surface area (Å²) in [6.07, 6.45) is 19.9. The highest BCUT2D eigenvalue weighted by Gasteiger charge is 2.25. The van der Waals surface area contributed by atoms with Crippen molar-refractivity contribution in [3.05, 3.63) is 52.6 Å². The average molecular weight is 401 g/mol. The molecule has 1 saturated carbocycles. The molecule has 0 radical (unpaired) electrons. The van der Waals surface area contributed by atoms with Gasteiger partial charge in [0, 0.05) is 5.56 Å². The molecule has 160 valence electrons. The van der Waals surface area contributed by atoms with Gasteiger partial charge in [0.2, 0.25) is 0 Å². The quantitative estimate of drug-likeness (QED) is 0.382. The molecular weight excluding hydrogens is 362 g/mol. The maximum absolute atomic E-state index is 14.7. The number of allylic oxidation sites excluding steroid dienone is 3. The molecule has 1 fully saturated rings. The Kier molecular flexibility index (Phi) is 8.51. The van der Waals surface area contributed by atoms with Gasteiger partial charge >= 0.3 is 0 Å². The third kappa shape index (κ3) is 6.03. The smallest absolute Gasteiger partial charge is 0.166 e. The summed E-state index contributed by atoms with van der Waals surface area (Å²) in [6.45, 7) is 4.48. The minimum atomic E-state index is -0.671. The minimum absolute atomic E-state index is 0.181. The molecule has 0 spiro atoms. The van der Waals surface area contributed by atoms with Crippen molar-refractivity contribution in [3.8, 4) is 0 Å². The van der Waals surface area contributed by atoms with Gasteiger partial charge < -0.3 is 0 Å². The van der Waals surface area contributed by atoms with Crippen molar-refractivity contribution in [1.82, 2.24) is 0 Å². The van der Waals surface area contributed by atoms with Crippen molar-refractivity contribution >= 4 is 6.08 Å². The summed E-state index contributed by atoms with van der Waals surface area (Å²) in [7, 11) is 0. The molecule has 0 N–H and O–H groups in total. The van der Waals surface area contributed by atoms with Gasteiger partial charge in [-0.15, -0.1) is 0 Å². The SMILES string of the molecule is CCCC1CC=C(CC/C=C/c2ccc(C3CCC(CC)CC3)c(F)c2F)CC1. The van der Waals surface area contributed by atoms with E-state index in [0.29, 0.717) is 11.1 Å². The first-order chi connectivity index (χ1) is 14.1. The molecule has 1 unspecified atom stereocenters. The van der Waals surface area contributed by atoms with E-state index in [1.165, 1.54) is 44.1 Å². The molecule has 2 aliphatic carbocycles. The summed E-state index contributed by atoms with van der Waals surface area (Å²) in [4.78, 5) is 0. The normalized spacial score (nSPS) is 25.4. The zero-order valence-electron chi connectivity index (χ0n) is 18.4. The predicted molar refractivity (Wildman–Crippen MR) is 120 cm³/mol. The zero-order valence-corrected chi connectivity index (χ0v) is 18.4. The number of benzene rings is 1. The summed E-state index contributed by atoms with van der Waals surface area (Å²) in [5, 5.41) is 0. The highest BCUT2D eigenvalue weighted by Crippen LogP contribution is 2.38. The number of hydrogen-bond acceptors (Lipinski definition) is 0. The second-order valence-electron chi connectivity index (χ2n) is 9.23. The Morgan fingerprint density at radius 3 is 2.41 bits per heavy atom. The molecule has 0 bridgehead atoms. The monoisotopic (exact) mass is 400 g/mol. The average Bonchev–Trinajstić information content (AvgIpc) is 2.75. The highest BCUT2D eigenvalue weighted by atomic mass is 19.2. The Morgan fingerprint density at radius 1 is 0.966 bits per heavy atom. The van der Waals surface area contributed by atoms with E-state index in [1.54, 1.807) is 12.1 Å². The van der Waals surface area contributed by atoms with Gasteiger partial charge in [-0.25, -0.2) is 8.78 Å². The van der Waals surface area contributed by atoms with Crippen molar-refractivity contribution in [1.29, 1.82) is 0 Å². The van der Waals surface area contributed by atoms with E-state index in [4.69, 9.17) is 0 Å². The second kappa shape index (κ2) is 11.1. The largest absolute Gasteiger partial charge is 0.203 e. The summed E-state index contributed by atoms with van der Waals surface area (Å²) in [6, 6.07) is 3.60. The maximum Gasteiger partial charge on any atom is 0.166 e. The van der Waals surface area contributed by atoms with Crippen LogP contribution in [0.15, 0.2) is 29.9 Å². The first kappa shape index (κ1) is 22.2. The molecule has 0 saturated heterocycles. The lowest BCUT2D eigenvalue weighted by Crippen LogP contribution is -2.14. The third-order valence-electron chi connectivity index (χ3n) is 7.25. The molecule has 0 heterocycles. The highest BCUT2D eigenvalue weighted by molar-refractivity contribution is 5.51. The van der Waals surface area contributed by atoms with Gasteiger partial charge in [-0.2, -0.15) is 0 Å². The van der Waals surface area contributed by atoms with E-state index < -0.39 is 11.6 Å². The topological polar surface area (TPSA) is 0 Å². The number of halogens is 2. The lowest BCUT2D eigenvalue weighted by molar-refractivity contribution is 0.312. The minimum Gasteiger partial charge on any atom is -0.203 e. The zero-order chi connectivity index (χ0) is 20.6. The van der Waals surface area contributed by atoms with E-state index in [0.717, 1.165) is 50.4 Å². The van der Waals surface area contributed by atoms with Crippen LogP contribution in [0.25, 0.3) is 6.08 Å². The Hall–Kier alpha value is -1.44. The van der Waals surface area contributed by atoms with Gasteiger partial charge in [-0.1, -0.05) is 69.0 Å². The number of rotatable bonds is 8. The van der Waals surface area contributed by atoms with Crippen molar-refractivity contribution in [2.24, 2.45) is 11.8 Å². The van der Waals surface area contributed by atoms with E-state index in [-0.39, 0.29) is 5.92 Å². The maximum atomic E-state index is 14.7. The Bertz CT molecular complexity index is 707. The van der Waals surface area contributed by atoms with E-state index >= 15 is 0 Å². The molecule has 1 aromatic carbocycles. The second-order valence-corrected chi connectivity index (χ2v) is 9.23. The van der Waals surface area contributed by atoms with Crippen LogP contribution in [0.4, 0.5) is 8.78 Å². The molecule has 3 rings (SSSR count). The van der Waals surface area contributed by atoms with Crippen LogP contribution in [0.2, 0.25) is 0 Å². The van der Waals surface area contributed by atoms with Crippen LogP contribution in [0.3, 0.4) is 0 Å². The summed E-state index contributed by atoms with van der Waals surface area (Å²) in [5.41, 5.74) is 2.50. The van der Waals surface area contributed by atoms with Crippen LogP contribution in [0.1, 0.15) is 108 Å². The summed E-state index contributed by atoms with van der Waals surface area (Å²) >= 11 is 0. The third-order valence-corrected chi connectivity index (χ3v) is 7.25. The standard InChI is InChI=1S/C27H38F2/c1-3-7-21-10-12-22(13-11-21)8-5-6-9-24-18-19-25(27(29)26(24)28)23-16-14-20(4-2)15-17-23/h6,9,12,18-21,23H,3-5,7-8,10-11,13-17H2,1-2H3/b9-6+. The van der Waals surface area contributed by atoms with E-state index in [9.17, 15) is 8.78 Å². The molecule has 0 nitrogen and oxygen atoms in total. The molecular formula is C27H38F2. The van der Waals surface area contributed by atoms with Gasteiger partial charge in [-0.05, 0) is 81.1 Å². The lowest BCUT2D eigenvalue weighted by atomic mass is 9.77. The molecule has 1 atom stereocenters. The van der Waals surface area contributed by atoms with Crippen molar-refractivity contribution in [2.45, 2.75) is 96.8 Å². The predicted octanol–water partition coefficient (Wildman–Crippen LogP) is 8.97. The van der Waals surface area contributed by atoms with Crippen molar-refractivity contribution in [2.75, 3.05) is 0 Å². The summed E-state index contributed by atoms with van der Waals surface area (Å²) < 4.78 is 29.3. The fourth-order valence-electron chi connectivity index (χ4n) is 5.22. The van der Waals surface area contributed by atoms with Crippen LogP contribution in [0, 0.1) is 23.5 Å². The Labute approximate surface area is 176 Å². The van der Waals surface area contributed by atoms with Crippen LogP contribution in [0.5, 0.6) is 0 Å². The van der Waals surface area contributed by atoms with Crippen molar-refractivity contribution in [3.63, 3.8) is 0 Å². The summed E-state index contributed by atoms with van der Waals surface area (Å²) in [5.74, 6) is 0.518. The number of hydrogen-bond donors (Lipinski definition) is 0. The first-order valence-corrected chi connectivity index (χ1v) is 11.9. The Morgan fingerprint density at radius 2 is 1.76 bits per heavy atom. The van der Waals surface area contributed by atoms with Crippen LogP contribution in [-0.4, -0.2) is 0 Å².